The Morgan fingerprint density at radius 2 is 1.73 bits per heavy atom. The summed E-state index contributed by atoms with van der Waals surface area (Å²) in [7, 11) is 1.68. The van der Waals surface area contributed by atoms with Gasteiger partial charge in [-0.3, -0.25) is 4.79 Å². The highest BCUT2D eigenvalue weighted by atomic mass is 32.2. The highest BCUT2D eigenvalue weighted by Gasteiger charge is 2.19. The van der Waals surface area contributed by atoms with E-state index >= 15 is 0 Å². The van der Waals surface area contributed by atoms with Crippen LogP contribution in [0.5, 0.6) is 5.75 Å². The Morgan fingerprint density at radius 1 is 1.00 bits per heavy atom. The molecule has 1 aliphatic heterocycles. The highest BCUT2D eigenvalue weighted by molar-refractivity contribution is 7.99. The predicted molar refractivity (Wildman–Crippen MR) is 133 cm³/mol. The number of methoxy groups -OCH3 is 1. The Hall–Kier alpha value is -3.26. The van der Waals surface area contributed by atoms with E-state index < -0.39 is 0 Å². The molecule has 1 saturated heterocycles. The van der Waals surface area contributed by atoms with Crippen molar-refractivity contribution in [2.45, 2.75) is 11.6 Å². The van der Waals surface area contributed by atoms with Crippen molar-refractivity contribution >= 4 is 29.2 Å². The lowest BCUT2D eigenvalue weighted by Gasteiger charge is -2.36. The van der Waals surface area contributed by atoms with Crippen LogP contribution < -0.4 is 19.9 Å². The van der Waals surface area contributed by atoms with Gasteiger partial charge in [0.15, 0.2) is 5.16 Å². The van der Waals surface area contributed by atoms with Crippen molar-refractivity contribution in [3.63, 3.8) is 0 Å². The van der Waals surface area contributed by atoms with Crippen LogP contribution in [0.1, 0.15) is 5.56 Å². The fourth-order valence-corrected chi connectivity index (χ4v) is 4.39. The second-order valence-electron chi connectivity index (χ2n) is 7.74. The van der Waals surface area contributed by atoms with Gasteiger partial charge in [-0.1, -0.05) is 42.1 Å². The minimum atomic E-state index is -0.00181. The van der Waals surface area contributed by atoms with E-state index in [1.807, 2.05) is 36.4 Å². The molecule has 4 rings (SSSR count). The molecule has 1 N–H and O–H groups in total. The van der Waals surface area contributed by atoms with E-state index in [9.17, 15) is 4.79 Å². The number of ether oxygens (including phenoxy) is 1. The third-order valence-electron chi connectivity index (χ3n) is 5.57. The maximum Gasteiger partial charge on any atom is 0.230 e. The maximum atomic E-state index is 12.2. The zero-order valence-electron chi connectivity index (χ0n) is 18.8. The lowest BCUT2D eigenvalue weighted by molar-refractivity contribution is -0.118. The van der Waals surface area contributed by atoms with Gasteiger partial charge in [0.1, 0.15) is 11.6 Å². The van der Waals surface area contributed by atoms with Crippen molar-refractivity contribution in [1.82, 2.24) is 15.3 Å². The molecule has 172 valence electrons. The minimum Gasteiger partial charge on any atom is -0.497 e. The van der Waals surface area contributed by atoms with Gasteiger partial charge in [0.25, 0.3) is 0 Å². The Balaban J connectivity index is 1.22. The standard InChI is InChI=1S/C25H29N5O2S/c1-32-22-9-7-21(8-10-22)29-15-17-30(18-16-29)23-12-14-27-25(28-23)33-19-24(31)26-13-11-20-5-3-2-4-6-20/h2-10,12,14H,11,13,15-19H2,1H3,(H,26,31). The first kappa shape index (κ1) is 22.9. The van der Waals surface area contributed by atoms with E-state index in [0.717, 1.165) is 44.2 Å². The number of piperazine rings is 1. The summed E-state index contributed by atoms with van der Waals surface area (Å²) in [5.74, 6) is 2.08. The third kappa shape index (κ3) is 6.61. The molecule has 33 heavy (non-hydrogen) atoms. The van der Waals surface area contributed by atoms with Crippen molar-refractivity contribution < 1.29 is 9.53 Å². The molecule has 8 heteroatoms. The highest BCUT2D eigenvalue weighted by Crippen LogP contribution is 2.23. The van der Waals surface area contributed by atoms with Crippen molar-refractivity contribution in [2.75, 3.05) is 55.4 Å². The Bertz CT molecular complexity index is 1020. The van der Waals surface area contributed by atoms with Crippen molar-refractivity contribution in [3.8, 4) is 5.75 Å². The van der Waals surface area contributed by atoms with E-state index in [0.29, 0.717) is 17.5 Å². The number of aromatic nitrogens is 2. The van der Waals surface area contributed by atoms with Gasteiger partial charge in [0.05, 0.1) is 12.9 Å². The van der Waals surface area contributed by atoms with E-state index in [-0.39, 0.29) is 5.91 Å². The van der Waals surface area contributed by atoms with Gasteiger partial charge in [0.2, 0.25) is 5.91 Å². The number of carbonyl (C=O) groups is 1. The number of hydrogen-bond acceptors (Lipinski definition) is 7. The SMILES string of the molecule is COc1ccc(N2CCN(c3ccnc(SCC(=O)NCCc4ccccc4)n3)CC2)cc1. The number of hydrogen-bond donors (Lipinski definition) is 1. The molecule has 0 atom stereocenters. The van der Waals surface area contributed by atoms with Crippen LogP contribution in [0.3, 0.4) is 0 Å². The molecule has 1 aliphatic rings. The molecule has 1 amide bonds. The smallest absolute Gasteiger partial charge is 0.230 e. The molecule has 0 radical (unpaired) electrons. The molecule has 0 aliphatic carbocycles. The van der Waals surface area contributed by atoms with Crippen LogP contribution in [0, 0.1) is 0 Å². The molecule has 3 aromatic rings. The summed E-state index contributed by atoms with van der Waals surface area (Å²) in [6, 6.07) is 20.3. The second kappa shape index (κ2) is 11.6. The molecule has 0 spiro atoms. The summed E-state index contributed by atoms with van der Waals surface area (Å²) in [5.41, 5.74) is 2.42. The summed E-state index contributed by atoms with van der Waals surface area (Å²) < 4.78 is 5.25. The quantitative estimate of drug-likeness (QED) is 0.386. The number of rotatable bonds is 9. The first-order valence-electron chi connectivity index (χ1n) is 11.1. The minimum absolute atomic E-state index is 0.00181. The fourth-order valence-electron chi connectivity index (χ4n) is 3.74. The number of amides is 1. The molecule has 0 bridgehead atoms. The molecule has 1 aromatic heterocycles. The Kier molecular flexibility index (Phi) is 8.03. The van der Waals surface area contributed by atoms with Crippen LogP contribution in [0.4, 0.5) is 11.5 Å². The van der Waals surface area contributed by atoms with Crippen molar-refractivity contribution in [2.24, 2.45) is 0 Å². The number of benzene rings is 2. The number of thioether (sulfide) groups is 1. The molecule has 2 aromatic carbocycles. The zero-order chi connectivity index (χ0) is 22.9. The molecule has 0 saturated carbocycles. The molecule has 7 nitrogen and oxygen atoms in total. The summed E-state index contributed by atoms with van der Waals surface area (Å²) in [5, 5.41) is 3.60. The molecule has 1 fully saturated rings. The van der Waals surface area contributed by atoms with Gasteiger partial charge in [-0.25, -0.2) is 9.97 Å². The Labute approximate surface area is 199 Å². The van der Waals surface area contributed by atoms with Crippen molar-refractivity contribution in [3.05, 3.63) is 72.4 Å². The molecule has 0 unspecified atom stereocenters. The summed E-state index contributed by atoms with van der Waals surface area (Å²) >= 11 is 1.37. The number of anilines is 2. The molecular formula is C25H29N5O2S. The van der Waals surface area contributed by atoms with Crippen LogP contribution in [-0.4, -0.2) is 61.5 Å². The summed E-state index contributed by atoms with van der Waals surface area (Å²) in [6.07, 6.45) is 2.60. The Morgan fingerprint density at radius 3 is 2.45 bits per heavy atom. The van der Waals surface area contributed by atoms with E-state index in [2.05, 4.69) is 49.4 Å². The lowest BCUT2D eigenvalue weighted by atomic mass is 10.1. The average molecular weight is 464 g/mol. The van der Waals surface area contributed by atoms with E-state index in [1.165, 1.54) is 23.0 Å². The fraction of sp³-hybridized carbons (Fsp3) is 0.320. The number of nitrogens with one attached hydrogen (secondary N) is 1. The van der Waals surface area contributed by atoms with Crippen molar-refractivity contribution in [1.29, 1.82) is 0 Å². The normalized spacial score (nSPS) is 13.6. The topological polar surface area (TPSA) is 70.6 Å². The van der Waals surface area contributed by atoms with Crippen LogP contribution in [-0.2, 0) is 11.2 Å². The van der Waals surface area contributed by atoms with E-state index in [4.69, 9.17) is 4.74 Å². The number of carbonyl (C=O) groups excluding carboxylic acids is 1. The lowest BCUT2D eigenvalue weighted by Crippen LogP contribution is -2.46. The largest absolute Gasteiger partial charge is 0.497 e. The monoisotopic (exact) mass is 463 g/mol. The number of nitrogens with zero attached hydrogens (tertiary/aromatic N) is 4. The van der Waals surface area contributed by atoms with Gasteiger partial charge in [-0.2, -0.15) is 0 Å². The van der Waals surface area contributed by atoms with Crippen LogP contribution in [0.15, 0.2) is 72.0 Å². The summed E-state index contributed by atoms with van der Waals surface area (Å²) in [6.45, 7) is 4.23. The average Bonchev–Trinajstić information content (AvgIpc) is 2.88. The van der Waals surface area contributed by atoms with E-state index in [1.54, 1.807) is 13.3 Å². The van der Waals surface area contributed by atoms with Gasteiger partial charge in [-0.05, 0) is 42.3 Å². The second-order valence-corrected chi connectivity index (χ2v) is 8.69. The first-order chi connectivity index (χ1) is 16.2. The van der Waals surface area contributed by atoms with Gasteiger partial charge in [-0.15, -0.1) is 0 Å². The van der Waals surface area contributed by atoms with Crippen LogP contribution >= 0.6 is 11.8 Å². The zero-order valence-corrected chi connectivity index (χ0v) is 19.6. The van der Waals surface area contributed by atoms with Crippen LogP contribution in [0.25, 0.3) is 0 Å². The predicted octanol–water partition coefficient (Wildman–Crippen LogP) is 3.26. The third-order valence-corrected chi connectivity index (χ3v) is 6.43. The van der Waals surface area contributed by atoms with Gasteiger partial charge in [0, 0.05) is 44.6 Å². The van der Waals surface area contributed by atoms with Gasteiger partial charge < -0.3 is 19.9 Å². The summed E-state index contributed by atoms with van der Waals surface area (Å²) in [4.78, 5) is 25.8. The molecular weight excluding hydrogens is 434 g/mol. The molecule has 2 heterocycles. The first-order valence-corrected chi connectivity index (χ1v) is 12.1. The van der Waals surface area contributed by atoms with Gasteiger partial charge >= 0.3 is 0 Å². The van der Waals surface area contributed by atoms with Crippen LogP contribution in [0.2, 0.25) is 0 Å². The maximum absolute atomic E-state index is 12.2.